The number of likely N-dealkylation sites (N-methyl/N-ethyl adjacent to an activating group) is 1. The molecule has 0 bridgehead atoms. The molecule has 2 aromatic rings. The van der Waals surface area contributed by atoms with Crippen molar-refractivity contribution >= 4 is 5.96 Å². The lowest BCUT2D eigenvalue weighted by Crippen LogP contribution is -2.42. The van der Waals surface area contributed by atoms with Crippen LogP contribution in [0.1, 0.15) is 18.0 Å². The molecule has 0 saturated heterocycles. The lowest BCUT2D eigenvalue weighted by Gasteiger charge is -2.24. The summed E-state index contributed by atoms with van der Waals surface area (Å²) in [5.74, 6) is 1.70. The number of aryl methyl sites for hydroxylation is 1. The maximum absolute atomic E-state index is 5.70. The molecule has 1 unspecified atom stereocenters. The van der Waals surface area contributed by atoms with Gasteiger partial charge in [0.05, 0.1) is 18.8 Å². The number of benzene rings is 1. The molecule has 0 saturated carbocycles. The number of nitrogens with zero attached hydrogens (tertiary/aromatic N) is 4. The molecule has 0 amide bonds. The third-order valence-corrected chi connectivity index (χ3v) is 4.04. The maximum Gasteiger partial charge on any atom is 0.191 e. The largest absolute Gasteiger partial charge is 0.494 e. The molecule has 7 nitrogen and oxygen atoms in total. The van der Waals surface area contributed by atoms with Crippen LogP contribution in [0.2, 0.25) is 0 Å². The summed E-state index contributed by atoms with van der Waals surface area (Å²) >= 11 is 0. The highest BCUT2D eigenvalue weighted by Crippen LogP contribution is 2.16. The predicted octanol–water partition coefficient (Wildman–Crippen LogP) is 1.66. The normalized spacial score (nSPS) is 12.9. The van der Waals surface area contributed by atoms with E-state index in [1.807, 2.05) is 54.5 Å². The Morgan fingerprint density at radius 3 is 2.65 bits per heavy atom. The van der Waals surface area contributed by atoms with E-state index in [9.17, 15) is 0 Å². The highest BCUT2D eigenvalue weighted by molar-refractivity contribution is 5.79. The predicted molar refractivity (Wildman–Crippen MR) is 106 cm³/mol. The second kappa shape index (κ2) is 10.5. The fourth-order valence-electron chi connectivity index (χ4n) is 2.61. The van der Waals surface area contributed by atoms with Gasteiger partial charge in [0, 0.05) is 38.9 Å². The molecule has 2 rings (SSSR count). The molecule has 0 aliphatic rings. The van der Waals surface area contributed by atoms with Gasteiger partial charge in [0.2, 0.25) is 0 Å². The van der Waals surface area contributed by atoms with Gasteiger partial charge in [0.1, 0.15) is 5.75 Å². The van der Waals surface area contributed by atoms with Crippen molar-refractivity contribution in [3.63, 3.8) is 0 Å². The van der Waals surface area contributed by atoms with E-state index >= 15 is 0 Å². The number of nitrogens with one attached hydrogen (secondary N) is 2. The number of rotatable bonds is 9. The van der Waals surface area contributed by atoms with Gasteiger partial charge in [0.15, 0.2) is 5.96 Å². The number of hydrogen-bond acceptors (Lipinski definition) is 4. The Kier molecular flexibility index (Phi) is 7.95. The fourth-order valence-corrected chi connectivity index (χ4v) is 2.61. The standard InChI is InChI=1S/C19H30N6O/c1-20-19(21-11-8-12-26-17-9-6-5-7-10-17)22-14-18(24(2)3)16-13-23-25(4)15-16/h5-7,9-10,13,15,18H,8,11-12,14H2,1-4H3,(H2,20,21,22). The van der Waals surface area contributed by atoms with Crippen LogP contribution < -0.4 is 15.4 Å². The number of guanidine groups is 1. The van der Waals surface area contributed by atoms with Crippen LogP contribution in [0.4, 0.5) is 0 Å². The fraction of sp³-hybridized carbons (Fsp3) is 0.474. The molecule has 0 aliphatic carbocycles. The average molecular weight is 358 g/mol. The molecule has 2 N–H and O–H groups in total. The summed E-state index contributed by atoms with van der Waals surface area (Å²) in [5, 5.41) is 11.0. The molecule has 1 heterocycles. The van der Waals surface area contributed by atoms with Gasteiger partial charge >= 0.3 is 0 Å². The number of para-hydroxylation sites is 1. The third-order valence-electron chi connectivity index (χ3n) is 4.04. The van der Waals surface area contributed by atoms with Gasteiger partial charge in [-0.25, -0.2) is 0 Å². The van der Waals surface area contributed by atoms with E-state index in [2.05, 4.69) is 39.7 Å². The number of hydrogen-bond donors (Lipinski definition) is 2. The Hall–Kier alpha value is -2.54. The van der Waals surface area contributed by atoms with Crippen LogP contribution in [-0.4, -0.2) is 61.5 Å². The van der Waals surface area contributed by atoms with Crippen LogP contribution in [0.15, 0.2) is 47.7 Å². The molecule has 0 radical (unpaired) electrons. The van der Waals surface area contributed by atoms with Gasteiger partial charge in [-0.3, -0.25) is 9.67 Å². The Bertz CT molecular complexity index is 668. The summed E-state index contributed by atoms with van der Waals surface area (Å²) in [6, 6.07) is 10.1. The van der Waals surface area contributed by atoms with Crippen LogP contribution in [0.3, 0.4) is 0 Å². The number of aliphatic imine (C=N–C) groups is 1. The van der Waals surface area contributed by atoms with Crippen molar-refractivity contribution in [2.24, 2.45) is 12.0 Å². The maximum atomic E-state index is 5.70. The van der Waals surface area contributed by atoms with Gasteiger partial charge in [-0.2, -0.15) is 5.10 Å². The average Bonchev–Trinajstić information content (AvgIpc) is 3.06. The molecule has 26 heavy (non-hydrogen) atoms. The third kappa shape index (κ3) is 6.40. The Balaban J connectivity index is 1.71. The van der Waals surface area contributed by atoms with Crippen molar-refractivity contribution in [3.05, 3.63) is 48.3 Å². The molecule has 1 aromatic heterocycles. The molecule has 1 aromatic carbocycles. The van der Waals surface area contributed by atoms with Gasteiger partial charge < -0.3 is 20.3 Å². The summed E-state index contributed by atoms with van der Waals surface area (Å²) in [4.78, 5) is 6.46. The van der Waals surface area contributed by atoms with Crippen molar-refractivity contribution in [2.45, 2.75) is 12.5 Å². The smallest absolute Gasteiger partial charge is 0.191 e. The summed E-state index contributed by atoms with van der Waals surface area (Å²) in [7, 11) is 7.85. The first-order chi connectivity index (χ1) is 12.6. The molecule has 0 fully saturated rings. The Morgan fingerprint density at radius 2 is 2.04 bits per heavy atom. The minimum atomic E-state index is 0.226. The van der Waals surface area contributed by atoms with E-state index in [1.54, 1.807) is 7.05 Å². The summed E-state index contributed by atoms with van der Waals surface area (Å²) in [6.07, 6.45) is 4.85. The van der Waals surface area contributed by atoms with Crippen molar-refractivity contribution in [1.29, 1.82) is 0 Å². The Morgan fingerprint density at radius 1 is 1.27 bits per heavy atom. The zero-order chi connectivity index (χ0) is 18.8. The zero-order valence-electron chi connectivity index (χ0n) is 16.1. The van der Waals surface area contributed by atoms with Crippen LogP contribution in [0, 0.1) is 0 Å². The minimum Gasteiger partial charge on any atom is -0.494 e. The van der Waals surface area contributed by atoms with Crippen molar-refractivity contribution in [1.82, 2.24) is 25.3 Å². The first kappa shape index (κ1) is 19.8. The molecule has 142 valence electrons. The highest BCUT2D eigenvalue weighted by atomic mass is 16.5. The molecule has 1 atom stereocenters. The van der Waals surface area contributed by atoms with Crippen LogP contribution in [0.5, 0.6) is 5.75 Å². The van der Waals surface area contributed by atoms with Crippen LogP contribution in [0.25, 0.3) is 0 Å². The zero-order valence-corrected chi connectivity index (χ0v) is 16.1. The molecular weight excluding hydrogens is 328 g/mol. The molecule has 0 spiro atoms. The van der Waals surface area contributed by atoms with E-state index < -0.39 is 0 Å². The monoisotopic (exact) mass is 358 g/mol. The quantitative estimate of drug-likeness (QED) is 0.405. The van der Waals surface area contributed by atoms with E-state index in [0.29, 0.717) is 6.61 Å². The second-order valence-electron chi connectivity index (χ2n) is 6.32. The molecule has 0 aliphatic heterocycles. The summed E-state index contributed by atoms with van der Waals surface area (Å²) in [5.41, 5.74) is 1.18. The molecular formula is C19H30N6O. The first-order valence-corrected chi connectivity index (χ1v) is 8.87. The first-order valence-electron chi connectivity index (χ1n) is 8.87. The van der Waals surface area contributed by atoms with Crippen LogP contribution in [-0.2, 0) is 7.05 Å². The van der Waals surface area contributed by atoms with Crippen LogP contribution >= 0.6 is 0 Å². The summed E-state index contributed by atoms with van der Waals surface area (Å²) in [6.45, 7) is 2.22. The van der Waals surface area contributed by atoms with E-state index in [-0.39, 0.29) is 6.04 Å². The van der Waals surface area contributed by atoms with Crippen molar-refractivity contribution in [2.75, 3.05) is 40.8 Å². The number of aromatic nitrogens is 2. The molecule has 7 heteroatoms. The topological polar surface area (TPSA) is 66.7 Å². The number of ether oxygens (including phenoxy) is 1. The minimum absolute atomic E-state index is 0.226. The van der Waals surface area contributed by atoms with Gasteiger partial charge in [-0.15, -0.1) is 0 Å². The van der Waals surface area contributed by atoms with E-state index in [0.717, 1.165) is 31.2 Å². The Labute approximate surface area is 156 Å². The van der Waals surface area contributed by atoms with Gasteiger partial charge in [0.25, 0.3) is 0 Å². The lowest BCUT2D eigenvalue weighted by atomic mass is 10.1. The van der Waals surface area contributed by atoms with Gasteiger partial charge in [-0.05, 0) is 32.6 Å². The van der Waals surface area contributed by atoms with E-state index in [1.165, 1.54) is 5.56 Å². The SMILES string of the molecule is CN=C(NCCCOc1ccccc1)NCC(c1cnn(C)c1)N(C)C. The second-order valence-corrected chi connectivity index (χ2v) is 6.32. The van der Waals surface area contributed by atoms with Gasteiger partial charge in [-0.1, -0.05) is 18.2 Å². The lowest BCUT2D eigenvalue weighted by molar-refractivity contribution is 0.297. The van der Waals surface area contributed by atoms with Crippen molar-refractivity contribution in [3.8, 4) is 5.75 Å². The highest BCUT2D eigenvalue weighted by Gasteiger charge is 2.16. The van der Waals surface area contributed by atoms with Crippen molar-refractivity contribution < 1.29 is 4.74 Å². The van der Waals surface area contributed by atoms with E-state index in [4.69, 9.17) is 4.74 Å². The summed E-state index contributed by atoms with van der Waals surface area (Å²) < 4.78 is 7.52.